The van der Waals surface area contributed by atoms with Crippen LogP contribution in [0.15, 0.2) is 73.2 Å². The number of halogens is 5. The molecule has 0 amide bonds. The third-order valence-corrected chi connectivity index (χ3v) is 18.8. The second-order valence-corrected chi connectivity index (χ2v) is 25.4. The van der Waals surface area contributed by atoms with Gasteiger partial charge < -0.3 is 38.1 Å². The number of piperazine rings is 1. The van der Waals surface area contributed by atoms with Gasteiger partial charge in [-0.3, -0.25) is 4.90 Å². The van der Waals surface area contributed by atoms with Crippen LogP contribution in [0.2, 0.25) is 23.2 Å². The van der Waals surface area contributed by atoms with Crippen LogP contribution in [0.25, 0.3) is 31.8 Å². The van der Waals surface area contributed by atoms with E-state index < -0.39 is 51.5 Å². The monoisotopic (exact) mass is 1070 g/mol. The summed E-state index contributed by atoms with van der Waals surface area (Å²) < 4.78 is 89.8. The van der Waals surface area contributed by atoms with E-state index in [0.29, 0.717) is 77.4 Å². The van der Waals surface area contributed by atoms with Crippen LogP contribution < -0.4 is 23.4 Å². The number of aliphatic hydroxyl groups is 1. The summed E-state index contributed by atoms with van der Waals surface area (Å²) in [7, 11) is -0.308. The van der Waals surface area contributed by atoms with Gasteiger partial charge in [-0.15, -0.1) is 11.3 Å². The van der Waals surface area contributed by atoms with Crippen molar-refractivity contribution in [1.82, 2.24) is 29.7 Å². The molecule has 1 aliphatic heterocycles. The molecule has 0 unspecified atom stereocenters. The van der Waals surface area contributed by atoms with Crippen LogP contribution in [-0.2, 0) is 22.6 Å². The molecule has 7 rings (SSSR count). The van der Waals surface area contributed by atoms with Crippen LogP contribution in [-0.4, -0.2) is 127 Å². The van der Waals surface area contributed by atoms with Gasteiger partial charge in [0.1, 0.15) is 53.5 Å². The molecule has 3 aromatic heterocycles. The Kier molecular flexibility index (Phi) is 17.9. The highest BCUT2D eigenvalue weighted by Gasteiger charge is 2.39. The minimum atomic E-state index is -4.41. The van der Waals surface area contributed by atoms with E-state index in [4.69, 9.17) is 39.7 Å². The number of likely N-dealkylation sites (N-methyl/N-ethyl adjacent to an activating group) is 1. The third kappa shape index (κ3) is 14.2. The van der Waals surface area contributed by atoms with Gasteiger partial charge in [-0.1, -0.05) is 50.6 Å². The fourth-order valence-corrected chi connectivity index (χ4v) is 10.1. The summed E-state index contributed by atoms with van der Waals surface area (Å²) in [5.74, 6) is 0.208. The number of hydrogen-bond donors (Lipinski definition) is 1. The van der Waals surface area contributed by atoms with Crippen LogP contribution in [0.1, 0.15) is 50.9 Å². The van der Waals surface area contributed by atoms with E-state index in [2.05, 4.69) is 70.6 Å². The van der Waals surface area contributed by atoms with Gasteiger partial charge in [0, 0.05) is 61.3 Å². The highest BCUT2D eigenvalue weighted by atomic mass is 35.5. The highest BCUT2D eigenvalue weighted by molar-refractivity contribution is 7.22. The fraction of sp³-hybridized carbons (Fsp3) is 0.442. The van der Waals surface area contributed by atoms with Crippen molar-refractivity contribution in [2.75, 3.05) is 59.6 Å². The lowest BCUT2D eigenvalue weighted by molar-refractivity contribution is -0.151. The Morgan fingerprint density at radius 1 is 0.945 bits per heavy atom. The van der Waals surface area contributed by atoms with Crippen molar-refractivity contribution >= 4 is 47.4 Å². The molecule has 1 aliphatic rings. The van der Waals surface area contributed by atoms with Crippen molar-refractivity contribution in [1.29, 1.82) is 0 Å². The second kappa shape index (κ2) is 23.7. The third-order valence-electron chi connectivity index (χ3n) is 12.8. The second-order valence-electron chi connectivity index (χ2n) is 19.3. The van der Waals surface area contributed by atoms with E-state index in [1.165, 1.54) is 36.0 Å². The van der Waals surface area contributed by atoms with Gasteiger partial charge in [0.25, 0.3) is 0 Å². The zero-order valence-corrected chi connectivity index (χ0v) is 44.7. The molecule has 1 fully saturated rings. The van der Waals surface area contributed by atoms with Crippen molar-refractivity contribution < 1.29 is 55.6 Å². The van der Waals surface area contributed by atoms with E-state index in [9.17, 15) is 27.5 Å². The average molecular weight is 1070 g/mol. The number of nitrogens with zero attached hydrogens (tertiary/aromatic N) is 6. The van der Waals surface area contributed by atoms with Crippen LogP contribution in [0.5, 0.6) is 29.1 Å². The van der Waals surface area contributed by atoms with Crippen molar-refractivity contribution in [2.24, 2.45) is 0 Å². The predicted octanol–water partition coefficient (Wildman–Crippen LogP) is 10.8. The number of aromatic nitrogens is 4. The summed E-state index contributed by atoms with van der Waals surface area (Å²) in [5.41, 5.74) is 3.42. The maximum Gasteiger partial charge on any atom is 0.392 e. The summed E-state index contributed by atoms with van der Waals surface area (Å²) >= 11 is 8.50. The molecule has 14 nitrogen and oxygen atoms in total. The lowest BCUT2D eigenvalue weighted by Gasteiger charge is -2.36. The molecule has 73 heavy (non-hydrogen) atoms. The smallest absolute Gasteiger partial charge is 0.392 e. The number of benzene rings is 3. The quantitative estimate of drug-likeness (QED) is 0.0414. The maximum absolute atomic E-state index is 14.4. The molecular weight excluding hydrogens is 1010 g/mol. The van der Waals surface area contributed by atoms with Gasteiger partial charge in [0.15, 0.2) is 0 Å². The SMILES string of the molecule is CCOC(=O)[C@@H](Cc1cc(O[Si](C)(C)C(C)(C)C)ccc1OCc1ccnc(OCCC(F)(F)F)n1)Oc1ncnc2sc(-c3ccc(F)cc3)c(-c3ccc(O[C@@H](CO)CN4CCN(C)CC4)c(Cl)c3C)c12. The topological polar surface area (TPSA) is 151 Å². The largest absolute Gasteiger partial charge is 0.543 e. The number of ether oxygens (including phenoxy) is 5. The van der Waals surface area contributed by atoms with Gasteiger partial charge in [-0.2, -0.15) is 18.2 Å². The lowest BCUT2D eigenvalue weighted by Crippen LogP contribution is -2.48. The molecule has 2 atom stereocenters. The van der Waals surface area contributed by atoms with Crippen LogP contribution in [0.3, 0.4) is 0 Å². The first-order valence-corrected chi connectivity index (χ1v) is 28.0. The van der Waals surface area contributed by atoms with Crippen LogP contribution >= 0.6 is 22.9 Å². The highest BCUT2D eigenvalue weighted by Crippen LogP contribution is 2.50. The van der Waals surface area contributed by atoms with E-state index in [0.717, 1.165) is 26.2 Å². The molecule has 6 aromatic rings. The molecule has 0 saturated carbocycles. The van der Waals surface area contributed by atoms with E-state index in [-0.39, 0.29) is 43.2 Å². The molecule has 0 bridgehead atoms. The zero-order valence-electron chi connectivity index (χ0n) is 42.1. The normalized spacial score (nSPS) is 14.7. The van der Waals surface area contributed by atoms with Gasteiger partial charge in [0.05, 0.1) is 35.7 Å². The van der Waals surface area contributed by atoms with E-state index in [1.807, 2.05) is 13.0 Å². The molecule has 0 aliphatic carbocycles. The Labute approximate surface area is 432 Å². The van der Waals surface area contributed by atoms with Crippen molar-refractivity contribution in [2.45, 2.75) is 90.6 Å². The Bertz CT molecular complexity index is 2850. The van der Waals surface area contributed by atoms with E-state index in [1.54, 1.807) is 49.4 Å². The number of alkyl halides is 3. The first-order chi connectivity index (χ1) is 34.6. The molecule has 392 valence electrons. The molecule has 0 spiro atoms. The molecular formula is C52H61ClF4N6O8SSi. The first-order valence-electron chi connectivity index (χ1n) is 23.9. The lowest BCUT2D eigenvalue weighted by atomic mass is 9.96. The summed E-state index contributed by atoms with van der Waals surface area (Å²) in [4.78, 5) is 37.3. The van der Waals surface area contributed by atoms with Gasteiger partial charge in [-0.05, 0) is 98.2 Å². The summed E-state index contributed by atoms with van der Waals surface area (Å²) in [6.07, 6.45) is -4.85. The number of thiophene rings is 1. The van der Waals surface area contributed by atoms with Crippen LogP contribution in [0.4, 0.5) is 17.6 Å². The molecule has 0 radical (unpaired) electrons. The predicted molar refractivity (Wildman–Crippen MR) is 275 cm³/mol. The average Bonchev–Trinajstić information content (AvgIpc) is 3.72. The van der Waals surface area contributed by atoms with Gasteiger partial charge >= 0.3 is 18.2 Å². The summed E-state index contributed by atoms with van der Waals surface area (Å²) in [6, 6.07) is 16.3. The summed E-state index contributed by atoms with van der Waals surface area (Å²) in [5, 5.41) is 11.0. The van der Waals surface area contributed by atoms with Crippen molar-refractivity contribution in [3.8, 4) is 50.7 Å². The number of esters is 1. The summed E-state index contributed by atoms with van der Waals surface area (Å²) in [6.45, 7) is 17.2. The Morgan fingerprint density at radius 2 is 1.67 bits per heavy atom. The maximum atomic E-state index is 14.4. The standard InChI is InChI=1S/C52H61ClF4N6O8SSi/c1-9-66-49(65)42(27-34-26-37(71-73(7,8)51(3,4)5)14-16-40(34)68-30-36-18-20-58-50(61-36)67-25-19-52(55,56)57)70-47-44-43(46(72-48(44)60-31-59-47)33-10-12-35(54)13-11-33)39-15-17-41(45(53)32(39)2)69-38(29-64)28-63-23-21-62(6)22-24-63/h10-18,20,26,31,38,42,64H,9,19,21-25,27-30H2,1-8H3/t38-,42-/m1/s1. The number of hydrogen-bond acceptors (Lipinski definition) is 15. The number of rotatable bonds is 21. The minimum absolute atomic E-state index is 0.0356. The number of aliphatic hydroxyl groups excluding tert-OH is 1. The Hall–Kier alpha value is -5.64. The number of fused-ring (bicyclic) bond motifs is 1. The number of carbonyl (C=O) groups is 1. The molecule has 1 N–H and O–H groups in total. The Balaban J connectivity index is 1.27. The zero-order chi connectivity index (χ0) is 52.7. The van der Waals surface area contributed by atoms with Crippen molar-refractivity contribution in [3.05, 3.63) is 101 Å². The molecule has 3 aromatic carbocycles. The fourth-order valence-electron chi connectivity index (χ4n) is 7.76. The molecule has 1 saturated heterocycles. The van der Waals surface area contributed by atoms with Crippen LogP contribution in [0, 0.1) is 12.7 Å². The minimum Gasteiger partial charge on any atom is -0.543 e. The van der Waals surface area contributed by atoms with Gasteiger partial charge in [0.2, 0.25) is 20.3 Å². The molecule has 4 heterocycles. The first kappa shape index (κ1) is 55.1. The molecule has 21 heteroatoms. The van der Waals surface area contributed by atoms with Crippen molar-refractivity contribution in [3.63, 3.8) is 0 Å². The Morgan fingerprint density at radius 3 is 2.36 bits per heavy atom. The van der Waals surface area contributed by atoms with E-state index >= 15 is 0 Å². The number of carbonyl (C=O) groups excluding carboxylic acids is 1. The van der Waals surface area contributed by atoms with Gasteiger partial charge in [-0.25, -0.2) is 24.1 Å².